The average Bonchev–Trinajstić information content (AvgIpc) is 2.61. The Bertz CT molecular complexity index is 950. The summed E-state index contributed by atoms with van der Waals surface area (Å²) < 4.78 is 5.43. The summed E-state index contributed by atoms with van der Waals surface area (Å²) in [5, 5.41) is 4.25. The van der Waals surface area contributed by atoms with Crippen molar-refractivity contribution in [2.24, 2.45) is 0 Å². The van der Waals surface area contributed by atoms with E-state index in [1.165, 1.54) is 11.8 Å². The highest BCUT2D eigenvalue weighted by Crippen LogP contribution is 2.24. The number of carbonyl (C=O) groups excluding carboxylic acids is 1. The van der Waals surface area contributed by atoms with Crippen molar-refractivity contribution in [1.82, 2.24) is 9.97 Å². The van der Waals surface area contributed by atoms with Crippen molar-refractivity contribution in [3.63, 3.8) is 0 Å². The summed E-state index contributed by atoms with van der Waals surface area (Å²) in [5.41, 5.74) is 1.94. The van der Waals surface area contributed by atoms with E-state index in [1.807, 2.05) is 25.3 Å². The molecule has 7 heteroatoms. The Labute approximate surface area is 160 Å². The highest BCUT2D eigenvalue weighted by Gasteiger charge is 2.12. The fourth-order valence-electron chi connectivity index (χ4n) is 2.27. The number of anilines is 2. The first kappa shape index (κ1) is 18.2. The van der Waals surface area contributed by atoms with Gasteiger partial charge in [0.25, 0.3) is 0 Å². The highest BCUT2D eigenvalue weighted by molar-refractivity contribution is 7.98. The molecule has 0 saturated heterocycles. The molecule has 0 fully saturated rings. The van der Waals surface area contributed by atoms with Gasteiger partial charge in [0.05, 0.1) is 10.6 Å². The molecule has 0 aliphatic heterocycles. The Morgan fingerprint density at radius 3 is 2.69 bits per heavy atom. The maximum atomic E-state index is 12.3. The summed E-state index contributed by atoms with van der Waals surface area (Å²) in [6.45, 7) is 1.91. The number of rotatable bonds is 5. The van der Waals surface area contributed by atoms with Gasteiger partial charge in [0.2, 0.25) is 0 Å². The van der Waals surface area contributed by atoms with Crippen LogP contribution in [-0.4, -0.2) is 22.2 Å². The third kappa shape index (κ3) is 4.53. The fraction of sp³-hybridized carbons (Fsp3) is 0.105. The highest BCUT2D eigenvalue weighted by atomic mass is 35.5. The average molecular weight is 386 g/mol. The number of carbonyl (C=O) groups is 1. The molecule has 0 radical (unpaired) electrons. The van der Waals surface area contributed by atoms with Crippen molar-refractivity contribution in [1.29, 1.82) is 0 Å². The van der Waals surface area contributed by atoms with Gasteiger partial charge < -0.3 is 10.1 Å². The predicted molar refractivity (Wildman–Crippen MR) is 105 cm³/mol. The van der Waals surface area contributed by atoms with Crippen LogP contribution in [0, 0.1) is 6.92 Å². The largest absolute Gasteiger partial charge is 0.423 e. The van der Waals surface area contributed by atoms with Crippen LogP contribution in [0.5, 0.6) is 5.75 Å². The van der Waals surface area contributed by atoms with Crippen LogP contribution in [0.25, 0.3) is 0 Å². The summed E-state index contributed by atoms with van der Waals surface area (Å²) in [6, 6.07) is 15.7. The molecule has 0 aliphatic carbocycles. The molecule has 0 bridgehead atoms. The normalized spacial score (nSPS) is 10.4. The number of ether oxygens (including phenoxy) is 1. The number of benzene rings is 2. The van der Waals surface area contributed by atoms with Crippen LogP contribution in [0.4, 0.5) is 11.5 Å². The fourth-order valence-corrected chi connectivity index (χ4v) is 2.91. The number of esters is 1. The summed E-state index contributed by atoms with van der Waals surface area (Å²) >= 11 is 7.51. The molecule has 0 amide bonds. The van der Waals surface area contributed by atoms with E-state index in [9.17, 15) is 4.79 Å². The molecule has 0 atom stereocenters. The van der Waals surface area contributed by atoms with E-state index in [0.717, 1.165) is 11.4 Å². The zero-order chi connectivity index (χ0) is 18.5. The lowest BCUT2D eigenvalue weighted by molar-refractivity contribution is 0.0735. The quantitative estimate of drug-likeness (QED) is 0.284. The van der Waals surface area contributed by atoms with E-state index in [-0.39, 0.29) is 0 Å². The SMILES string of the molecule is CSc1nc(C)cc(Nc2cccc(OC(=O)c3ccccc3Cl)c2)n1. The summed E-state index contributed by atoms with van der Waals surface area (Å²) in [6.07, 6.45) is 1.92. The molecule has 132 valence electrons. The lowest BCUT2D eigenvalue weighted by Gasteiger charge is -2.10. The van der Waals surface area contributed by atoms with E-state index in [1.54, 1.807) is 42.5 Å². The first-order valence-electron chi connectivity index (χ1n) is 7.78. The standard InChI is InChI=1S/C19H16ClN3O2S/c1-12-10-17(23-19(21-12)26-2)22-13-6-5-7-14(11-13)25-18(24)15-8-3-4-9-16(15)20/h3-11H,1-2H3,(H,21,22,23). The Balaban J connectivity index is 1.77. The topological polar surface area (TPSA) is 64.1 Å². The minimum Gasteiger partial charge on any atom is -0.423 e. The van der Waals surface area contributed by atoms with Gasteiger partial charge >= 0.3 is 5.97 Å². The number of aromatic nitrogens is 2. The van der Waals surface area contributed by atoms with E-state index < -0.39 is 5.97 Å². The zero-order valence-corrected chi connectivity index (χ0v) is 15.8. The van der Waals surface area contributed by atoms with Crippen LogP contribution in [-0.2, 0) is 0 Å². The van der Waals surface area contributed by atoms with Gasteiger partial charge in [0.1, 0.15) is 11.6 Å². The molecule has 0 saturated carbocycles. The van der Waals surface area contributed by atoms with Crippen molar-refractivity contribution >= 4 is 40.8 Å². The molecule has 0 spiro atoms. The van der Waals surface area contributed by atoms with E-state index >= 15 is 0 Å². The molecule has 5 nitrogen and oxygen atoms in total. The zero-order valence-electron chi connectivity index (χ0n) is 14.2. The monoisotopic (exact) mass is 385 g/mol. The van der Waals surface area contributed by atoms with Gasteiger partial charge in [-0.3, -0.25) is 0 Å². The summed E-state index contributed by atoms with van der Waals surface area (Å²) in [7, 11) is 0. The third-order valence-electron chi connectivity index (χ3n) is 3.43. The van der Waals surface area contributed by atoms with Crippen LogP contribution in [0.15, 0.2) is 59.8 Å². The molecule has 3 rings (SSSR count). The van der Waals surface area contributed by atoms with Crippen LogP contribution >= 0.6 is 23.4 Å². The van der Waals surface area contributed by atoms with Crippen LogP contribution in [0.1, 0.15) is 16.1 Å². The molecule has 1 N–H and O–H groups in total. The van der Waals surface area contributed by atoms with Gasteiger partial charge in [0.15, 0.2) is 5.16 Å². The summed E-state index contributed by atoms with van der Waals surface area (Å²) in [4.78, 5) is 21.0. The lowest BCUT2D eigenvalue weighted by atomic mass is 10.2. The Morgan fingerprint density at radius 2 is 1.92 bits per heavy atom. The maximum Gasteiger partial charge on any atom is 0.345 e. The molecule has 0 aliphatic rings. The smallest absolute Gasteiger partial charge is 0.345 e. The Morgan fingerprint density at radius 1 is 1.12 bits per heavy atom. The number of nitrogens with zero attached hydrogens (tertiary/aromatic N) is 2. The Kier molecular flexibility index (Phi) is 5.75. The van der Waals surface area contributed by atoms with Gasteiger partial charge in [-0.15, -0.1) is 0 Å². The third-order valence-corrected chi connectivity index (χ3v) is 4.30. The molecule has 1 aromatic heterocycles. The van der Waals surface area contributed by atoms with Crippen molar-refractivity contribution in [2.45, 2.75) is 12.1 Å². The summed E-state index contributed by atoms with van der Waals surface area (Å²) in [5.74, 6) is 0.586. The molecular weight excluding hydrogens is 370 g/mol. The number of thioether (sulfide) groups is 1. The van der Waals surface area contributed by atoms with Crippen molar-refractivity contribution in [2.75, 3.05) is 11.6 Å². The van der Waals surface area contributed by atoms with Gasteiger partial charge in [-0.05, 0) is 37.4 Å². The van der Waals surface area contributed by atoms with Crippen LogP contribution < -0.4 is 10.1 Å². The van der Waals surface area contributed by atoms with Gasteiger partial charge in [-0.1, -0.05) is 41.6 Å². The van der Waals surface area contributed by atoms with E-state index in [2.05, 4.69) is 15.3 Å². The van der Waals surface area contributed by atoms with Crippen molar-refractivity contribution in [3.8, 4) is 5.75 Å². The molecule has 3 aromatic rings. The minimum absolute atomic E-state index is 0.323. The van der Waals surface area contributed by atoms with Gasteiger partial charge in [-0.25, -0.2) is 14.8 Å². The Hall–Kier alpha value is -2.57. The second-order valence-corrected chi connectivity index (χ2v) is 6.58. The molecule has 2 aromatic carbocycles. The maximum absolute atomic E-state index is 12.3. The number of aryl methyl sites for hydroxylation is 1. The molecule has 1 heterocycles. The molecular formula is C19H16ClN3O2S. The van der Waals surface area contributed by atoms with Crippen LogP contribution in [0.3, 0.4) is 0 Å². The molecule has 0 unspecified atom stereocenters. The van der Waals surface area contributed by atoms with E-state index in [0.29, 0.717) is 27.3 Å². The second kappa shape index (κ2) is 8.21. The van der Waals surface area contributed by atoms with Crippen LogP contribution in [0.2, 0.25) is 5.02 Å². The van der Waals surface area contributed by atoms with Crippen molar-refractivity contribution < 1.29 is 9.53 Å². The minimum atomic E-state index is -0.504. The first-order valence-corrected chi connectivity index (χ1v) is 9.39. The van der Waals surface area contributed by atoms with Gasteiger partial charge in [-0.2, -0.15) is 0 Å². The number of halogens is 1. The van der Waals surface area contributed by atoms with Crippen molar-refractivity contribution in [3.05, 3.63) is 70.9 Å². The second-order valence-electron chi connectivity index (χ2n) is 5.40. The first-order chi connectivity index (χ1) is 12.5. The van der Waals surface area contributed by atoms with Gasteiger partial charge in [0, 0.05) is 23.5 Å². The molecule has 26 heavy (non-hydrogen) atoms. The predicted octanol–water partition coefficient (Wildman–Crippen LogP) is 5.12. The number of hydrogen-bond acceptors (Lipinski definition) is 6. The van der Waals surface area contributed by atoms with E-state index in [4.69, 9.17) is 16.3 Å². The number of hydrogen-bond donors (Lipinski definition) is 1. The lowest BCUT2D eigenvalue weighted by Crippen LogP contribution is -2.09. The number of nitrogens with one attached hydrogen (secondary N) is 1.